The van der Waals surface area contributed by atoms with Crippen LogP contribution in [-0.2, 0) is 4.79 Å². The number of ketones is 1. The zero-order chi connectivity index (χ0) is 19.7. The Morgan fingerprint density at radius 1 is 1.07 bits per heavy atom. The number of benzene rings is 2. The Balaban J connectivity index is 1.76. The van der Waals surface area contributed by atoms with E-state index in [2.05, 4.69) is 5.32 Å². The summed E-state index contributed by atoms with van der Waals surface area (Å²) in [5, 5.41) is 13.4. The topological polar surface area (TPSA) is 127 Å². The van der Waals surface area contributed by atoms with Crippen LogP contribution in [-0.4, -0.2) is 39.9 Å². The number of fused-ring (bicyclic) bond motifs is 1. The summed E-state index contributed by atoms with van der Waals surface area (Å²) in [5.74, 6) is -2.28. The second-order valence-corrected chi connectivity index (χ2v) is 5.87. The molecule has 2 aromatic rings. The van der Waals surface area contributed by atoms with Gasteiger partial charge in [0.25, 0.3) is 17.5 Å². The van der Waals surface area contributed by atoms with Crippen LogP contribution >= 0.6 is 0 Å². The largest absolute Gasteiger partial charge is 0.325 e. The fraction of sp³-hybridized carbons (Fsp3) is 0.111. The third kappa shape index (κ3) is 3.43. The van der Waals surface area contributed by atoms with Crippen LogP contribution in [0.5, 0.6) is 0 Å². The molecule has 0 saturated carbocycles. The van der Waals surface area contributed by atoms with Gasteiger partial charge < -0.3 is 5.32 Å². The van der Waals surface area contributed by atoms with Gasteiger partial charge in [-0.1, -0.05) is 12.1 Å². The standard InChI is InChI=1S/C18H13N3O6/c1-10(22)11-3-2-4-12(7-11)19-16(23)9-20-17(24)14-6-5-13(21(26)27)8-15(14)18(20)25/h2-8H,9H2,1H3,(H,19,23). The summed E-state index contributed by atoms with van der Waals surface area (Å²) < 4.78 is 0. The maximum atomic E-state index is 12.4. The molecule has 1 aliphatic heterocycles. The minimum absolute atomic E-state index is 0.0111. The van der Waals surface area contributed by atoms with Gasteiger partial charge in [0.1, 0.15) is 6.54 Å². The quantitative estimate of drug-likeness (QED) is 0.373. The van der Waals surface area contributed by atoms with Crippen molar-refractivity contribution in [3.63, 3.8) is 0 Å². The number of nitro groups is 1. The number of anilines is 1. The van der Waals surface area contributed by atoms with Gasteiger partial charge in [0.15, 0.2) is 5.78 Å². The predicted molar refractivity (Wildman–Crippen MR) is 93.5 cm³/mol. The van der Waals surface area contributed by atoms with Gasteiger partial charge in [-0.25, -0.2) is 0 Å². The molecular formula is C18H13N3O6. The minimum Gasteiger partial charge on any atom is -0.325 e. The molecule has 0 saturated heterocycles. The lowest BCUT2D eigenvalue weighted by atomic mass is 10.1. The summed E-state index contributed by atoms with van der Waals surface area (Å²) in [6.45, 7) is 0.837. The molecule has 0 aromatic heterocycles. The lowest BCUT2D eigenvalue weighted by Crippen LogP contribution is -2.37. The number of carbonyl (C=O) groups is 4. The van der Waals surface area contributed by atoms with E-state index in [9.17, 15) is 29.3 Å². The lowest BCUT2D eigenvalue weighted by molar-refractivity contribution is -0.384. The van der Waals surface area contributed by atoms with Crippen LogP contribution in [0.2, 0.25) is 0 Å². The molecule has 1 N–H and O–H groups in total. The molecule has 1 heterocycles. The van der Waals surface area contributed by atoms with Crippen molar-refractivity contribution >= 4 is 34.9 Å². The zero-order valence-corrected chi connectivity index (χ0v) is 14.1. The van der Waals surface area contributed by atoms with Crippen molar-refractivity contribution in [1.29, 1.82) is 0 Å². The average molecular weight is 367 g/mol. The summed E-state index contributed by atoms with van der Waals surface area (Å²) >= 11 is 0. The van der Waals surface area contributed by atoms with E-state index in [0.29, 0.717) is 11.3 Å². The molecule has 0 aliphatic carbocycles. The van der Waals surface area contributed by atoms with Crippen molar-refractivity contribution in [2.75, 3.05) is 11.9 Å². The SMILES string of the molecule is CC(=O)c1cccc(NC(=O)CN2C(=O)c3ccc([N+](=O)[O-])cc3C2=O)c1. The van der Waals surface area contributed by atoms with Crippen LogP contribution in [0.3, 0.4) is 0 Å². The summed E-state index contributed by atoms with van der Waals surface area (Å²) in [6, 6.07) is 9.57. The van der Waals surface area contributed by atoms with Crippen LogP contribution in [0.4, 0.5) is 11.4 Å². The molecule has 9 nitrogen and oxygen atoms in total. The molecule has 3 rings (SSSR count). The molecule has 27 heavy (non-hydrogen) atoms. The van der Waals surface area contributed by atoms with E-state index in [1.54, 1.807) is 18.2 Å². The van der Waals surface area contributed by atoms with Gasteiger partial charge in [0.05, 0.1) is 16.1 Å². The van der Waals surface area contributed by atoms with Crippen molar-refractivity contribution in [1.82, 2.24) is 4.90 Å². The van der Waals surface area contributed by atoms with Gasteiger partial charge in [-0.2, -0.15) is 0 Å². The van der Waals surface area contributed by atoms with E-state index >= 15 is 0 Å². The number of nitro benzene ring substituents is 1. The number of rotatable bonds is 5. The highest BCUT2D eigenvalue weighted by atomic mass is 16.6. The number of nitrogens with zero attached hydrogens (tertiary/aromatic N) is 2. The summed E-state index contributed by atoms with van der Waals surface area (Å²) in [4.78, 5) is 59.2. The van der Waals surface area contributed by atoms with Gasteiger partial charge in [-0.3, -0.25) is 34.2 Å². The Morgan fingerprint density at radius 3 is 2.44 bits per heavy atom. The highest BCUT2D eigenvalue weighted by Crippen LogP contribution is 2.26. The van der Waals surface area contributed by atoms with Crippen molar-refractivity contribution in [2.24, 2.45) is 0 Å². The maximum Gasteiger partial charge on any atom is 0.270 e. The van der Waals surface area contributed by atoms with Crippen molar-refractivity contribution < 1.29 is 24.1 Å². The van der Waals surface area contributed by atoms with E-state index in [1.165, 1.54) is 19.1 Å². The molecule has 1 aliphatic rings. The summed E-state index contributed by atoms with van der Waals surface area (Å²) in [7, 11) is 0. The molecule has 0 atom stereocenters. The number of nitrogens with one attached hydrogen (secondary N) is 1. The fourth-order valence-corrected chi connectivity index (χ4v) is 2.70. The number of carbonyl (C=O) groups excluding carboxylic acids is 4. The number of hydrogen-bond donors (Lipinski definition) is 1. The second kappa shape index (κ2) is 6.79. The molecular weight excluding hydrogens is 354 g/mol. The Morgan fingerprint density at radius 2 is 1.78 bits per heavy atom. The summed E-state index contributed by atoms with van der Waals surface area (Å²) in [5.41, 5.74) is 0.334. The van der Waals surface area contributed by atoms with E-state index < -0.39 is 29.2 Å². The van der Waals surface area contributed by atoms with Crippen molar-refractivity contribution in [2.45, 2.75) is 6.92 Å². The van der Waals surface area contributed by atoms with Gasteiger partial charge in [-0.15, -0.1) is 0 Å². The predicted octanol–water partition coefficient (Wildman–Crippen LogP) is 2.03. The lowest BCUT2D eigenvalue weighted by Gasteiger charge is -2.13. The summed E-state index contributed by atoms with van der Waals surface area (Å²) in [6.07, 6.45) is 0. The number of Topliss-reactive ketones (excluding diaryl/α,β-unsaturated/α-hetero) is 1. The molecule has 136 valence electrons. The molecule has 0 fully saturated rings. The fourth-order valence-electron chi connectivity index (χ4n) is 2.70. The van der Waals surface area contributed by atoms with Gasteiger partial charge in [0.2, 0.25) is 5.91 Å². The van der Waals surface area contributed by atoms with Crippen LogP contribution in [0.15, 0.2) is 42.5 Å². The monoisotopic (exact) mass is 367 g/mol. The molecule has 0 unspecified atom stereocenters. The van der Waals surface area contributed by atoms with E-state index in [4.69, 9.17) is 0 Å². The second-order valence-electron chi connectivity index (χ2n) is 5.87. The Labute approximate surface area is 152 Å². The highest BCUT2D eigenvalue weighted by molar-refractivity contribution is 6.23. The number of hydrogen-bond acceptors (Lipinski definition) is 6. The first kappa shape index (κ1) is 17.9. The number of amides is 3. The average Bonchev–Trinajstić information content (AvgIpc) is 2.86. The first-order chi connectivity index (χ1) is 12.8. The van der Waals surface area contributed by atoms with Gasteiger partial charge in [0, 0.05) is 23.4 Å². The molecule has 2 aromatic carbocycles. The van der Waals surface area contributed by atoms with Gasteiger partial charge >= 0.3 is 0 Å². The molecule has 3 amide bonds. The highest BCUT2D eigenvalue weighted by Gasteiger charge is 2.37. The normalized spacial score (nSPS) is 12.7. The third-order valence-corrected chi connectivity index (χ3v) is 4.02. The first-order valence-corrected chi connectivity index (χ1v) is 7.83. The third-order valence-electron chi connectivity index (χ3n) is 4.02. The Bertz CT molecular complexity index is 1010. The van der Waals surface area contributed by atoms with Gasteiger partial charge in [-0.05, 0) is 25.1 Å². The molecule has 0 bridgehead atoms. The van der Waals surface area contributed by atoms with Crippen molar-refractivity contribution in [3.05, 3.63) is 69.3 Å². The van der Waals surface area contributed by atoms with Crippen LogP contribution in [0.25, 0.3) is 0 Å². The minimum atomic E-state index is -0.772. The van der Waals surface area contributed by atoms with E-state index in [-0.39, 0.29) is 22.6 Å². The molecule has 9 heteroatoms. The van der Waals surface area contributed by atoms with Crippen LogP contribution < -0.4 is 5.32 Å². The van der Waals surface area contributed by atoms with Crippen LogP contribution in [0.1, 0.15) is 38.0 Å². The van der Waals surface area contributed by atoms with E-state index in [0.717, 1.165) is 17.0 Å². The Kier molecular flexibility index (Phi) is 4.51. The number of non-ortho nitro benzene ring substituents is 1. The molecule has 0 radical (unpaired) electrons. The van der Waals surface area contributed by atoms with E-state index in [1.807, 2.05) is 0 Å². The van der Waals surface area contributed by atoms with Crippen molar-refractivity contribution in [3.8, 4) is 0 Å². The smallest absolute Gasteiger partial charge is 0.270 e. The Hall–Kier alpha value is -3.88. The molecule has 0 spiro atoms. The number of imide groups is 1. The maximum absolute atomic E-state index is 12.4. The first-order valence-electron chi connectivity index (χ1n) is 7.83. The zero-order valence-electron chi connectivity index (χ0n) is 14.1. The van der Waals surface area contributed by atoms with Crippen LogP contribution in [0, 0.1) is 10.1 Å².